The molecule has 2 aromatic carbocycles. The maximum absolute atomic E-state index is 12.7. The van der Waals surface area contributed by atoms with Crippen LogP contribution in [0.5, 0.6) is 0 Å². The monoisotopic (exact) mass is 386 g/mol. The van der Waals surface area contributed by atoms with Gasteiger partial charge in [0.05, 0.1) is 0 Å². The van der Waals surface area contributed by atoms with E-state index >= 15 is 0 Å². The molecule has 1 saturated heterocycles. The first-order chi connectivity index (χ1) is 11.6. The summed E-state index contributed by atoms with van der Waals surface area (Å²) in [5.41, 5.74) is 1.66. The molecule has 5 heteroatoms. The van der Waals surface area contributed by atoms with Gasteiger partial charge in [0.2, 0.25) is 5.91 Å². The lowest BCUT2D eigenvalue weighted by atomic mass is 10.1. The van der Waals surface area contributed by atoms with Crippen LogP contribution < -0.4 is 5.32 Å². The second kappa shape index (κ2) is 7.62. The number of benzene rings is 2. The van der Waals surface area contributed by atoms with Gasteiger partial charge >= 0.3 is 0 Å². The zero-order chi connectivity index (χ0) is 16.9. The van der Waals surface area contributed by atoms with Crippen molar-refractivity contribution < 1.29 is 9.59 Å². The number of hydrogen-bond acceptors (Lipinski definition) is 2. The largest absolute Gasteiger partial charge is 0.350 e. The third-order valence-corrected chi connectivity index (χ3v) is 4.75. The highest BCUT2D eigenvalue weighted by Gasteiger charge is 2.34. The first kappa shape index (κ1) is 16.7. The minimum atomic E-state index is -0.384. The van der Waals surface area contributed by atoms with Crippen molar-refractivity contribution in [1.29, 1.82) is 0 Å². The Labute approximate surface area is 150 Å². The van der Waals surface area contributed by atoms with Crippen LogP contribution in [0, 0.1) is 0 Å². The second-order valence-corrected chi connectivity index (χ2v) is 6.78. The molecule has 0 unspecified atom stereocenters. The van der Waals surface area contributed by atoms with E-state index in [-0.39, 0.29) is 17.9 Å². The summed E-state index contributed by atoms with van der Waals surface area (Å²) < 4.78 is 0.928. The van der Waals surface area contributed by atoms with Crippen LogP contribution in [0.15, 0.2) is 59.1 Å². The van der Waals surface area contributed by atoms with E-state index in [1.165, 1.54) is 0 Å². The molecule has 1 aliphatic rings. The van der Waals surface area contributed by atoms with Crippen molar-refractivity contribution in [3.8, 4) is 0 Å². The van der Waals surface area contributed by atoms with Gasteiger partial charge in [-0.05, 0) is 42.7 Å². The minimum Gasteiger partial charge on any atom is -0.350 e. The molecule has 0 radical (unpaired) electrons. The van der Waals surface area contributed by atoms with Gasteiger partial charge in [0.15, 0.2) is 0 Å². The maximum atomic E-state index is 12.7. The molecule has 2 amide bonds. The molecule has 3 rings (SSSR count). The molecule has 24 heavy (non-hydrogen) atoms. The van der Waals surface area contributed by atoms with Crippen LogP contribution in [-0.4, -0.2) is 29.3 Å². The lowest BCUT2D eigenvalue weighted by molar-refractivity contribution is -0.125. The van der Waals surface area contributed by atoms with E-state index in [0.29, 0.717) is 25.1 Å². The second-order valence-electron chi connectivity index (χ2n) is 5.87. The van der Waals surface area contributed by atoms with Crippen LogP contribution in [-0.2, 0) is 11.3 Å². The molecule has 0 aliphatic carbocycles. The number of nitrogens with zero attached hydrogens (tertiary/aromatic N) is 1. The zero-order valence-electron chi connectivity index (χ0n) is 13.2. The Morgan fingerprint density at radius 1 is 1.08 bits per heavy atom. The zero-order valence-corrected chi connectivity index (χ0v) is 14.8. The molecule has 1 atom stereocenters. The summed E-state index contributed by atoms with van der Waals surface area (Å²) in [5, 5.41) is 2.95. The predicted molar refractivity (Wildman–Crippen MR) is 96.5 cm³/mol. The van der Waals surface area contributed by atoms with Gasteiger partial charge in [0.25, 0.3) is 5.91 Å². The van der Waals surface area contributed by atoms with Crippen molar-refractivity contribution in [2.75, 3.05) is 6.54 Å². The van der Waals surface area contributed by atoms with Gasteiger partial charge in [-0.2, -0.15) is 0 Å². The number of rotatable bonds is 4. The van der Waals surface area contributed by atoms with Crippen LogP contribution in [0.4, 0.5) is 0 Å². The predicted octanol–water partition coefficient (Wildman–Crippen LogP) is 3.37. The van der Waals surface area contributed by atoms with Gasteiger partial charge in [0.1, 0.15) is 6.04 Å². The lowest BCUT2D eigenvalue weighted by Gasteiger charge is -2.24. The first-order valence-electron chi connectivity index (χ1n) is 8.03. The summed E-state index contributed by atoms with van der Waals surface area (Å²) in [4.78, 5) is 26.9. The van der Waals surface area contributed by atoms with E-state index in [9.17, 15) is 9.59 Å². The molecule has 1 N–H and O–H groups in total. The fourth-order valence-electron chi connectivity index (χ4n) is 2.94. The van der Waals surface area contributed by atoms with Crippen molar-refractivity contribution in [3.05, 3.63) is 70.2 Å². The number of likely N-dealkylation sites (tertiary alicyclic amines) is 1. The van der Waals surface area contributed by atoms with E-state index in [2.05, 4.69) is 21.2 Å². The fraction of sp³-hybridized carbons (Fsp3) is 0.263. The number of hydrogen-bond donors (Lipinski definition) is 1. The summed E-state index contributed by atoms with van der Waals surface area (Å²) in [6.45, 7) is 1.11. The van der Waals surface area contributed by atoms with E-state index < -0.39 is 0 Å². The normalized spacial score (nSPS) is 16.9. The summed E-state index contributed by atoms with van der Waals surface area (Å²) in [6, 6.07) is 16.6. The van der Waals surface area contributed by atoms with Gasteiger partial charge in [-0.15, -0.1) is 0 Å². The Hall–Kier alpha value is -2.14. The maximum Gasteiger partial charge on any atom is 0.254 e. The molecule has 0 saturated carbocycles. The van der Waals surface area contributed by atoms with E-state index in [4.69, 9.17) is 0 Å². The molecule has 1 aliphatic heterocycles. The molecule has 4 nitrogen and oxygen atoms in total. The molecule has 0 bridgehead atoms. The SMILES string of the molecule is O=C(NCc1ccccc1)[C@@H]1CCCN1C(=O)c1ccc(Br)cc1. The Morgan fingerprint density at radius 3 is 2.50 bits per heavy atom. The van der Waals surface area contributed by atoms with E-state index in [0.717, 1.165) is 16.5 Å². The van der Waals surface area contributed by atoms with Crippen LogP contribution in [0.1, 0.15) is 28.8 Å². The fourth-order valence-corrected chi connectivity index (χ4v) is 3.21. The van der Waals surface area contributed by atoms with Crippen LogP contribution in [0.3, 0.4) is 0 Å². The molecule has 0 spiro atoms. The Bertz CT molecular complexity index is 716. The van der Waals surface area contributed by atoms with Crippen molar-refractivity contribution in [1.82, 2.24) is 10.2 Å². The third-order valence-electron chi connectivity index (χ3n) is 4.22. The summed E-state index contributed by atoms with van der Waals surface area (Å²) in [6.07, 6.45) is 1.56. The lowest BCUT2D eigenvalue weighted by Crippen LogP contribution is -2.45. The molecule has 2 aromatic rings. The molecular formula is C19H19BrN2O2. The average Bonchev–Trinajstić information content (AvgIpc) is 3.10. The molecule has 0 aromatic heterocycles. The van der Waals surface area contributed by atoms with Gasteiger partial charge in [-0.25, -0.2) is 0 Å². The number of carbonyl (C=O) groups is 2. The Morgan fingerprint density at radius 2 is 1.79 bits per heavy atom. The topological polar surface area (TPSA) is 49.4 Å². The Balaban J connectivity index is 1.65. The van der Waals surface area contributed by atoms with Crippen molar-refractivity contribution in [2.45, 2.75) is 25.4 Å². The summed E-state index contributed by atoms with van der Waals surface area (Å²) >= 11 is 3.37. The highest BCUT2D eigenvalue weighted by molar-refractivity contribution is 9.10. The first-order valence-corrected chi connectivity index (χ1v) is 8.82. The number of amides is 2. The molecule has 1 heterocycles. The third kappa shape index (κ3) is 3.85. The van der Waals surface area contributed by atoms with Gasteiger partial charge < -0.3 is 10.2 Å². The van der Waals surface area contributed by atoms with Crippen LogP contribution in [0.2, 0.25) is 0 Å². The highest BCUT2D eigenvalue weighted by atomic mass is 79.9. The van der Waals surface area contributed by atoms with E-state index in [1.807, 2.05) is 42.5 Å². The molecule has 124 valence electrons. The van der Waals surface area contributed by atoms with Crippen LogP contribution >= 0.6 is 15.9 Å². The molecular weight excluding hydrogens is 368 g/mol. The van der Waals surface area contributed by atoms with Gasteiger partial charge in [-0.1, -0.05) is 46.3 Å². The average molecular weight is 387 g/mol. The van der Waals surface area contributed by atoms with Crippen molar-refractivity contribution in [2.24, 2.45) is 0 Å². The van der Waals surface area contributed by atoms with E-state index in [1.54, 1.807) is 17.0 Å². The highest BCUT2D eigenvalue weighted by Crippen LogP contribution is 2.21. The summed E-state index contributed by atoms with van der Waals surface area (Å²) in [7, 11) is 0. The Kier molecular flexibility index (Phi) is 5.30. The van der Waals surface area contributed by atoms with Gasteiger partial charge in [0, 0.05) is 23.1 Å². The van der Waals surface area contributed by atoms with Crippen molar-refractivity contribution >= 4 is 27.7 Å². The number of nitrogens with one attached hydrogen (secondary N) is 1. The quantitative estimate of drug-likeness (QED) is 0.875. The summed E-state index contributed by atoms with van der Waals surface area (Å²) in [5.74, 6) is -0.165. The van der Waals surface area contributed by atoms with Crippen molar-refractivity contribution in [3.63, 3.8) is 0 Å². The number of carbonyl (C=O) groups excluding carboxylic acids is 2. The minimum absolute atomic E-state index is 0.0817. The standard InChI is InChI=1S/C19H19BrN2O2/c20-16-10-8-15(9-11-16)19(24)22-12-4-7-17(22)18(23)21-13-14-5-2-1-3-6-14/h1-3,5-6,8-11,17H,4,7,12-13H2,(H,21,23)/t17-/m0/s1. The van der Waals surface area contributed by atoms with Gasteiger partial charge in [-0.3, -0.25) is 9.59 Å². The molecule has 1 fully saturated rings. The smallest absolute Gasteiger partial charge is 0.254 e. The van der Waals surface area contributed by atoms with Crippen LogP contribution in [0.25, 0.3) is 0 Å². The number of halogens is 1.